The minimum Gasteiger partial charge on any atom is -0.335 e. The lowest BCUT2D eigenvalue weighted by atomic mass is 10.2. The van der Waals surface area contributed by atoms with E-state index in [9.17, 15) is 30.7 Å². The summed E-state index contributed by atoms with van der Waals surface area (Å²) in [7, 11) is 0. The molecular weight excluding hydrogens is 278 g/mol. The van der Waals surface area contributed by atoms with Crippen molar-refractivity contribution < 1.29 is 39.8 Å². The van der Waals surface area contributed by atoms with Gasteiger partial charge in [-0.3, -0.25) is 0 Å². The zero-order valence-corrected chi connectivity index (χ0v) is 9.21. The molecule has 17 heavy (non-hydrogen) atoms. The minimum atomic E-state index is -5.52. The van der Waals surface area contributed by atoms with Gasteiger partial charge in [-0.25, -0.2) is 8.60 Å². The Balaban J connectivity index is 4.64. The molecule has 2 unspecified atom stereocenters. The van der Waals surface area contributed by atoms with Gasteiger partial charge >= 0.3 is 12.0 Å². The predicted molar refractivity (Wildman–Crippen MR) is 45.9 cm³/mol. The van der Waals surface area contributed by atoms with Gasteiger partial charge in [0.2, 0.25) is 0 Å². The number of halogens is 6. The Morgan fingerprint density at radius 3 is 2.24 bits per heavy atom. The molecule has 0 bridgehead atoms. The second kappa shape index (κ2) is 6.36. The maximum atomic E-state index is 13.2. The zero-order chi connectivity index (χ0) is 13.7. The summed E-state index contributed by atoms with van der Waals surface area (Å²) in [5, 5.41) is 0. The summed E-state index contributed by atoms with van der Waals surface area (Å²) in [5.74, 6) is -6.64. The second-order valence-corrected chi connectivity index (χ2v) is 3.93. The van der Waals surface area contributed by atoms with Crippen LogP contribution in [0.5, 0.6) is 0 Å². The molecule has 10 heteroatoms. The summed E-state index contributed by atoms with van der Waals surface area (Å²) in [4.78, 5) is 0. The van der Waals surface area contributed by atoms with Gasteiger partial charge in [0, 0.05) is 6.08 Å². The molecule has 102 valence electrons. The standard InChI is InChI=1S/C7H8F6O3S/c1-5(8)4-6(9,7(10,11)12)15-2-3-17(14)16-13/h4H,2-3H2,1H3. The van der Waals surface area contributed by atoms with Crippen LogP contribution in [0, 0.1) is 0 Å². The molecule has 0 heterocycles. The Hall–Kier alpha value is -0.610. The van der Waals surface area contributed by atoms with Crippen LogP contribution in [0.3, 0.4) is 0 Å². The fourth-order valence-corrected chi connectivity index (χ4v) is 1.03. The molecule has 0 aromatic carbocycles. The lowest BCUT2D eigenvalue weighted by Crippen LogP contribution is -2.42. The second-order valence-electron chi connectivity index (χ2n) is 2.79. The normalized spacial score (nSPS) is 18.9. The maximum absolute atomic E-state index is 13.2. The van der Waals surface area contributed by atoms with E-state index in [0.717, 1.165) is 0 Å². The summed E-state index contributed by atoms with van der Waals surface area (Å²) < 4.78 is 90.0. The van der Waals surface area contributed by atoms with Crippen LogP contribution < -0.4 is 0 Å². The summed E-state index contributed by atoms with van der Waals surface area (Å²) in [6.07, 6.45) is -5.94. The van der Waals surface area contributed by atoms with Crippen LogP contribution in [0.2, 0.25) is 0 Å². The molecule has 0 aliphatic rings. The van der Waals surface area contributed by atoms with Gasteiger partial charge in [-0.05, 0) is 11.4 Å². The van der Waals surface area contributed by atoms with Crippen LogP contribution in [0.15, 0.2) is 11.9 Å². The van der Waals surface area contributed by atoms with Crippen molar-refractivity contribution in [1.82, 2.24) is 0 Å². The Bertz CT molecular complexity index is 300. The lowest BCUT2D eigenvalue weighted by molar-refractivity contribution is -0.308. The monoisotopic (exact) mass is 286 g/mol. The van der Waals surface area contributed by atoms with E-state index < -0.39 is 47.4 Å². The van der Waals surface area contributed by atoms with Gasteiger partial charge in [0.15, 0.2) is 11.1 Å². The fraction of sp³-hybridized carbons (Fsp3) is 0.714. The lowest BCUT2D eigenvalue weighted by Gasteiger charge is -2.24. The SMILES string of the molecule is CC(F)=CC(F)(OCCS(=O)OF)C(F)(F)F. The Kier molecular flexibility index (Phi) is 6.13. The molecule has 0 rings (SSSR count). The van der Waals surface area contributed by atoms with E-state index in [4.69, 9.17) is 0 Å². The van der Waals surface area contributed by atoms with Crippen LogP contribution in [0.1, 0.15) is 6.92 Å². The molecule has 0 amide bonds. The van der Waals surface area contributed by atoms with Gasteiger partial charge in [0.25, 0.3) is 0 Å². The molecule has 0 aliphatic heterocycles. The predicted octanol–water partition coefficient (Wildman–Crippen LogP) is 2.67. The van der Waals surface area contributed by atoms with Crippen molar-refractivity contribution in [2.75, 3.05) is 12.4 Å². The molecule has 3 nitrogen and oxygen atoms in total. The third-order valence-electron chi connectivity index (χ3n) is 1.40. The average molecular weight is 286 g/mol. The van der Waals surface area contributed by atoms with Gasteiger partial charge in [-0.2, -0.15) is 17.6 Å². The highest BCUT2D eigenvalue weighted by Crippen LogP contribution is 2.37. The summed E-state index contributed by atoms with van der Waals surface area (Å²) in [6, 6.07) is 0. The molecule has 0 N–H and O–H groups in total. The molecular formula is C7H8F6O3S. The van der Waals surface area contributed by atoms with E-state index in [0.29, 0.717) is 6.92 Å². The van der Waals surface area contributed by atoms with Crippen molar-refractivity contribution in [3.05, 3.63) is 11.9 Å². The molecule has 0 aliphatic carbocycles. The van der Waals surface area contributed by atoms with E-state index in [1.54, 1.807) is 0 Å². The number of ether oxygens (including phenoxy) is 1. The Labute approximate surface area is 94.9 Å². The fourth-order valence-electron chi connectivity index (χ4n) is 0.751. The smallest absolute Gasteiger partial charge is 0.335 e. The third kappa shape index (κ3) is 5.50. The summed E-state index contributed by atoms with van der Waals surface area (Å²) in [5.41, 5.74) is 0. The van der Waals surface area contributed by atoms with Crippen LogP contribution in [-0.2, 0) is 20.2 Å². The van der Waals surface area contributed by atoms with Crippen molar-refractivity contribution >= 4 is 11.1 Å². The van der Waals surface area contributed by atoms with E-state index in [2.05, 4.69) is 9.12 Å². The largest absolute Gasteiger partial charge is 0.452 e. The van der Waals surface area contributed by atoms with Crippen LogP contribution in [-0.4, -0.2) is 28.6 Å². The van der Waals surface area contributed by atoms with Gasteiger partial charge in [0.05, 0.1) is 18.2 Å². The summed E-state index contributed by atoms with van der Waals surface area (Å²) in [6.45, 7) is -0.484. The molecule has 0 aromatic rings. The average Bonchev–Trinajstić information content (AvgIpc) is 2.14. The number of rotatable bonds is 6. The first-order chi connectivity index (χ1) is 7.62. The van der Waals surface area contributed by atoms with Crippen molar-refractivity contribution in [2.24, 2.45) is 0 Å². The third-order valence-corrected chi connectivity index (χ3v) is 2.04. The first-order valence-electron chi connectivity index (χ1n) is 4.04. The summed E-state index contributed by atoms with van der Waals surface area (Å²) >= 11 is -2.54. The molecule has 0 aromatic heterocycles. The minimum absolute atomic E-state index is 0.424. The van der Waals surface area contributed by atoms with Crippen molar-refractivity contribution in [3.8, 4) is 0 Å². The molecule has 0 spiro atoms. The topological polar surface area (TPSA) is 35.5 Å². The molecule has 0 saturated carbocycles. The van der Waals surface area contributed by atoms with E-state index in [-0.39, 0.29) is 0 Å². The number of alkyl halides is 4. The van der Waals surface area contributed by atoms with Gasteiger partial charge in [-0.1, -0.05) is 4.39 Å². The zero-order valence-electron chi connectivity index (χ0n) is 8.39. The van der Waals surface area contributed by atoms with Gasteiger partial charge in [0.1, 0.15) is 0 Å². The van der Waals surface area contributed by atoms with E-state index >= 15 is 0 Å². The number of hydrogen-bond donors (Lipinski definition) is 0. The highest BCUT2D eigenvalue weighted by atomic mass is 32.2. The van der Waals surface area contributed by atoms with Crippen LogP contribution >= 0.6 is 0 Å². The maximum Gasteiger partial charge on any atom is 0.452 e. The highest BCUT2D eigenvalue weighted by Gasteiger charge is 2.56. The van der Waals surface area contributed by atoms with Gasteiger partial charge in [-0.15, -0.1) is 0 Å². The molecule has 2 atom stereocenters. The van der Waals surface area contributed by atoms with Crippen LogP contribution in [0.4, 0.5) is 26.5 Å². The first-order valence-corrected chi connectivity index (χ1v) is 5.29. The van der Waals surface area contributed by atoms with Crippen molar-refractivity contribution in [3.63, 3.8) is 0 Å². The Morgan fingerprint density at radius 2 is 1.88 bits per heavy atom. The molecule has 0 saturated heterocycles. The van der Waals surface area contributed by atoms with Crippen molar-refractivity contribution in [2.45, 2.75) is 19.0 Å². The van der Waals surface area contributed by atoms with Gasteiger partial charge < -0.3 is 4.74 Å². The van der Waals surface area contributed by atoms with E-state index in [1.165, 1.54) is 0 Å². The quantitative estimate of drug-likeness (QED) is 0.704. The number of hydrogen-bond acceptors (Lipinski definition) is 3. The van der Waals surface area contributed by atoms with E-state index in [1.807, 2.05) is 0 Å². The first kappa shape index (κ1) is 16.4. The molecule has 0 radical (unpaired) electrons. The number of allylic oxidation sites excluding steroid dienone is 1. The van der Waals surface area contributed by atoms with Crippen LogP contribution in [0.25, 0.3) is 0 Å². The van der Waals surface area contributed by atoms with Crippen molar-refractivity contribution in [1.29, 1.82) is 0 Å². The molecule has 0 fully saturated rings. The highest BCUT2D eigenvalue weighted by molar-refractivity contribution is 7.80. The Morgan fingerprint density at radius 1 is 1.35 bits per heavy atom.